The first kappa shape index (κ1) is 19.6. The van der Waals surface area contributed by atoms with E-state index in [1.54, 1.807) is 6.07 Å². The molecule has 0 saturated carbocycles. The summed E-state index contributed by atoms with van der Waals surface area (Å²) in [6.07, 6.45) is 1.48. The summed E-state index contributed by atoms with van der Waals surface area (Å²) < 4.78 is 0. The van der Waals surface area contributed by atoms with Gasteiger partial charge in [0.05, 0.1) is 0 Å². The van der Waals surface area contributed by atoms with Crippen LogP contribution < -0.4 is 10.6 Å². The van der Waals surface area contributed by atoms with E-state index in [4.69, 9.17) is 0 Å². The predicted molar refractivity (Wildman–Crippen MR) is 105 cm³/mol. The van der Waals surface area contributed by atoms with E-state index in [0.29, 0.717) is 18.0 Å². The number of nitrogens with one attached hydrogen (secondary N) is 2. The van der Waals surface area contributed by atoms with Crippen molar-refractivity contribution in [3.8, 4) is 0 Å². The van der Waals surface area contributed by atoms with Crippen LogP contribution in [0.25, 0.3) is 0 Å². The molecule has 2 rings (SSSR count). The number of amides is 2. The van der Waals surface area contributed by atoms with Gasteiger partial charge in [-0.2, -0.15) is 0 Å². The number of hydrogen-bond acceptors (Lipinski definition) is 3. The zero-order valence-corrected chi connectivity index (χ0v) is 16.1. The summed E-state index contributed by atoms with van der Waals surface area (Å²) in [5.74, 6) is -0.178. The maximum Gasteiger partial charge on any atom is 0.274 e. The molecule has 2 N–H and O–H groups in total. The fourth-order valence-corrected chi connectivity index (χ4v) is 2.53. The van der Waals surface area contributed by atoms with Crippen molar-refractivity contribution in [1.82, 2.24) is 10.3 Å². The quantitative estimate of drug-likeness (QED) is 0.853. The Morgan fingerprint density at radius 3 is 2.42 bits per heavy atom. The molecule has 0 fully saturated rings. The summed E-state index contributed by atoms with van der Waals surface area (Å²) >= 11 is 0. The average molecular weight is 353 g/mol. The Labute approximate surface area is 155 Å². The molecule has 0 atom stereocenters. The molecule has 0 bridgehead atoms. The highest BCUT2D eigenvalue weighted by atomic mass is 16.2. The van der Waals surface area contributed by atoms with Crippen LogP contribution in [0.3, 0.4) is 0 Å². The minimum Gasteiger partial charge on any atom is -0.352 e. The minimum atomic E-state index is -0.333. The number of aromatic nitrogens is 1. The molecule has 0 aliphatic carbocycles. The smallest absolute Gasteiger partial charge is 0.274 e. The molecule has 0 unspecified atom stereocenters. The van der Waals surface area contributed by atoms with Crippen LogP contribution in [0.1, 0.15) is 61.0 Å². The first-order valence-corrected chi connectivity index (χ1v) is 8.83. The Hall–Kier alpha value is -2.69. The Morgan fingerprint density at radius 2 is 1.77 bits per heavy atom. The lowest BCUT2D eigenvalue weighted by atomic mass is 9.86. The number of carbonyl (C=O) groups is 2. The van der Waals surface area contributed by atoms with Gasteiger partial charge in [-0.05, 0) is 35.1 Å². The highest BCUT2D eigenvalue weighted by molar-refractivity contribution is 6.05. The van der Waals surface area contributed by atoms with E-state index in [9.17, 15) is 9.59 Å². The first-order valence-electron chi connectivity index (χ1n) is 8.83. The second kappa shape index (κ2) is 8.13. The number of carbonyl (C=O) groups excluding carboxylic acids is 2. The fourth-order valence-electron chi connectivity index (χ4n) is 2.53. The van der Waals surface area contributed by atoms with Gasteiger partial charge in [0.25, 0.3) is 11.8 Å². The first-order chi connectivity index (χ1) is 12.2. The van der Waals surface area contributed by atoms with Gasteiger partial charge in [0, 0.05) is 24.0 Å². The molecule has 0 aliphatic rings. The topological polar surface area (TPSA) is 71.1 Å². The fraction of sp³-hybridized carbons (Fsp3) is 0.381. The van der Waals surface area contributed by atoms with Crippen molar-refractivity contribution >= 4 is 17.5 Å². The van der Waals surface area contributed by atoms with E-state index in [0.717, 1.165) is 11.3 Å². The molecule has 0 radical (unpaired) electrons. The molecule has 5 heteroatoms. The number of rotatable bonds is 5. The average Bonchev–Trinajstić information content (AvgIpc) is 2.59. The normalized spacial score (nSPS) is 11.3. The molecule has 0 saturated heterocycles. The number of pyridine rings is 1. The van der Waals surface area contributed by atoms with Crippen molar-refractivity contribution in [2.24, 2.45) is 5.92 Å². The van der Waals surface area contributed by atoms with Crippen LogP contribution in [0.15, 0.2) is 42.6 Å². The van der Waals surface area contributed by atoms with Crippen molar-refractivity contribution in [3.63, 3.8) is 0 Å². The van der Waals surface area contributed by atoms with Crippen molar-refractivity contribution in [2.45, 2.75) is 40.0 Å². The van der Waals surface area contributed by atoms with Gasteiger partial charge in [-0.25, -0.2) is 0 Å². The maximum atomic E-state index is 12.6. The Bertz CT molecular complexity index is 792. The molecule has 2 aromatic rings. The number of benzene rings is 1. The number of nitrogens with zero attached hydrogens (tertiary/aromatic N) is 1. The minimum absolute atomic E-state index is 0.101. The third kappa shape index (κ3) is 5.15. The Morgan fingerprint density at radius 1 is 1.08 bits per heavy atom. The summed E-state index contributed by atoms with van der Waals surface area (Å²) in [6.45, 7) is 10.9. The zero-order valence-electron chi connectivity index (χ0n) is 16.1. The SMILES string of the molecule is CC(C)CNC(=O)c1ccnc(C(=O)Nc2ccccc2C(C)(C)C)c1. The van der Waals surface area contributed by atoms with E-state index >= 15 is 0 Å². The van der Waals surface area contributed by atoms with E-state index in [1.807, 2.05) is 38.1 Å². The van der Waals surface area contributed by atoms with Crippen LogP contribution in [0.4, 0.5) is 5.69 Å². The van der Waals surface area contributed by atoms with Gasteiger partial charge in [-0.3, -0.25) is 14.6 Å². The van der Waals surface area contributed by atoms with E-state index < -0.39 is 0 Å². The molecule has 2 amide bonds. The number of para-hydroxylation sites is 1. The molecule has 1 aromatic heterocycles. The molecule has 5 nitrogen and oxygen atoms in total. The molecule has 0 spiro atoms. The van der Waals surface area contributed by atoms with Gasteiger partial charge in [0.15, 0.2) is 0 Å². The van der Waals surface area contributed by atoms with Crippen molar-refractivity contribution in [2.75, 3.05) is 11.9 Å². The molecular formula is C21H27N3O2. The van der Waals surface area contributed by atoms with Crippen LogP contribution in [0.5, 0.6) is 0 Å². The molecular weight excluding hydrogens is 326 g/mol. The molecule has 1 aromatic carbocycles. The van der Waals surface area contributed by atoms with Crippen molar-refractivity contribution in [3.05, 3.63) is 59.4 Å². The third-order valence-corrected chi connectivity index (χ3v) is 3.91. The lowest BCUT2D eigenvalue weighted by molar-refractivity contribution is 0.0949. The summed E-state index contributed by atoms with van der Waals surface area (Å²) in [4.78, 5) is 28.9. The third-order valence-electron chi connectivity index (χ3n) is 3.91. The predicted octanol–water partition coefficient (Wildman–Crippen LogP) is 4.02. The molecule has 0 aliphatic heterocycles. The van der Waals surface area contributed by atoms with Crippen LogP contribution in [-0.2, 0) is 5.41 Å². The molecule has 138 valence electrons. The Kier molecular flexibility index (Phi) is 6.14. The second-order valence-corrected chi connectivity index (χ2v) is 7.78. The van der Waals surface area contributed by atoms with Crippen LogP contribution in [0.2, 0.25) is 0 Å². The molecule has 1 heterocycles. The van der Waals surface area contributed by atoms with Crippen molar-refractivity contribution in [1.29, 1.82) is 0 Å². The van der Waals surface area contributed by atoms with Gasteiger partial charge < -0.3 is 10.6 Å². The summed E-state index contributed by atoms with van der Waals surface area (Å²) in [7, 11) is 0. The zero-order chi connectivity index (χ0) is 19.3. The summed E-state index contributed by atoms with van der Waals surface area (Å²) in [6, 6.07) is 10.8. The number of anilines is 1. The Balaban J connectivity index is 2.19. The highest BCUT2D eigenvalue weighted by Crippen LogP contribution is 2.29. The maximum absolute atomic E-state index is 12.6. The van der Waals surface area contributed by atoms with E-state index in [-0.39, 0.29) is 22.9 Å². The monoisotopic (exact) mass is 353 g/mol. The summed E-state index contributed by atoms with van der Waals surface area (Å²) in [5, 5.41) is 5.76. The van der Waals surface area contributed by atoms with Crippen LogP contribution in [-0.4, -0.2) is 23.3 Å². The van der Waals surface area contributed by atoms with Gasteiger partial charge in [0.1, 0.15) is 5.69 Å². The van der Waals surface area contributed by atoms with Gasteiger partial charge in [-0.1, -0.05) is 52.8 Å². The highest BCUT2D eigenvalue weighted by Gasteiger charge is 2.19. The largest absolute Gasteiger partial charge is 0.352 e. The lowest BCUT2D eigenvalue weighted by Crippen LogP contribution is -2.27. The van der Waals surface area contributed by atoms with Gasteiger partial charge in [-0.15, -0.1) is 0 Å². The van der Waals surface area contributed by atoms with Gasteiger partial charge in [0.2, 0.25) is 0 Å². The van der Waals surface area contributed by atoms with E-state index in [1.165, 1.54) is 12.3 Å². The summed E-state index contributed by atoms with van der Waals surface area (Å²) in [5.41, 5.74) is 2.33. The van der Waals surface area contributed by atoms with Crippen LogP contribution in [0, 0.1) is 5.92 Å². The van der Waals surface area contributed by atoms with Gasteiger partial charge >= 0.3 is 0 Å². The van der Waals surface area contributed by atoms with Crippen LogP contribution >= 0.6 is 0 Å². The van der Waals surface area contributed by atoms with Crippen molar-refractivity contribution < 1.29 is 9.59 Å². The van der Waals surface area contributed by atoms with E-state index in [2.05, 4.69) is 36.4 Å². The molecule has 26 heavy (non-hydrogen) atoms. The second-order valence-electron chi connectivity index (χ2n) is 7.78. The number of hydrogen-bond donors (Lipinski definition) is 2. The standard InChI is InChI=1S/C21H27N3O2/c1-14(2)13-23-19(25)15-10-11-22-18(12-15)20(26)24-17-9-7-6-8-16(17)21(3,4)5/h6-12,14H,13H2,1-5H3,(H,23,25)(H,24,26). The lowest BCUT2D eigenvalue weighted by Gasteiger charge is -2.22.